The number of anilines is 1. The Kier molecular flexibility index (Phi) is 5.71. The van der Waals surface area contributed by atoms with Crippen LogP contribution in [0.2, 0.25) is 5.02 Å². The van der Waals surface area contributed by atoms with E-state index in [9.17, 15) is 9.59 Å². The van der Waals surface area contributed by atoms with Gasteiger partial charge in [-0.25, -0.2) is 0 Å². The van der Waals surface area contributed by atoms with Gasteiger partial charge in [0.25, 0.3) is 5.91 Å². The SMILES string of the molecule is O=C(Cc1ccc(Cl)cc1)NCc1ccc(NC(=O)c2ccco2)cc1. The first kappa shape index (κ1) is 17.8. The monoisotopic (exact) mass is 368 g/mol. The first-order chi connectivity index (χ1) is 12.6. The smallest absolute Gasteiger partial charge is 0.291 e. The molecule has 132 valence electrons. The first-order valence-electron chi connectivity index (χ1n) is 8.05. The Labute approximate surface area is 156 Å². The van der Waals surface area contributed by atoms with Gasteiger partial charge in [-0.05, 0) is 47.5 Å². The summed E-state index contributed by atoms with van der Waals surface area (Å²) in [5.74, 6) is -0.120. The summed E-state index contributed by atoms with van der Waals surface area (Å²) in [5.41, 5.74) is 2.50. The molecule has 0 aliphatic heterocycles. The van der Waals surface area contributed by atoms with E-state index in [0.717, 1.165) is 11.1 Å². The first-order valence-corrected chi connectivity index (χ1v) is 8.43. The highest BCUT2D eigenvalue weighted by molar-refractivity contribution is 6.30. The van der Waals surface area contributed by atoms with Crippen LogP contribution in [-0.2, 0) is 17.8 Å². The van der Waals surface area contributed by atoms with Crippen LogP contribution >= 0.6 is 11.6 Å². The minimum atomic E-state index is -0.306. The lowest BCUT2D eigenvalue weighted by molar-refractivity contribution is -0.120. The summed E-state index contributed by atoms with van der Waals surface area (Å²) >= 11 is 5.83. The van der Waals surface area contributed by atoms with Crippen molar-refractivity contribution >= 4 is 29.1 Å². The lowest BCUT2D eigenvalue weighted by Crippen LogP contribution is -2.24. The summed E-state index contributed by atoms with van der Waals surface area (Å²) in [6.45, 7) is 0.416. The second kappa shape index (κ2) is 8.36. The molecule has 2 N–H and O–H groups in total. The number of amides is 2. The molecule has 3 rings (SSSR count). The molecule has 0 unspecified atom stereocenters. The molecule has 5 nitrogen and oxygen atoms in total. The number of halogens is 1. The van der Waals surface area contributed by atoms with Crippen molar-refractivity contribution in [2.24, 2.45) is 0 Å². The van der Waals surface area contributed by atoms with Gasteiger partial charge in [0, 0.05) is 17.3 Å². The van der Waals surface area contributed by atoms with Crippen LogP contribution in [-0.4, -0.2) is 11.8 Å². The summed E-state index contributed by atoms with van der Waals surface area (Å²) in [7, 11) is 0. The highest BCUT2D eigenvalue weighted by atomic mass is 35.5. The molecular formula is C20H17ClN2O3. The van der Waals surface area contributed by atoms with E-state index >= 15 is 0 Å². The van der Waals surface area contributed by atoms with Gasteiger partial charge in [0.15, 0.2) is 5.76 Å². The van der Waals surface area contributed by atoms with Crippen molar-refractivity contribution in [3.8, 4) is 0 Å². The summed E-state index contributed by atoms with van der Waals surface area (Å²) in [4.78, 5) is 23.9. The number of hydrogen-bond acceptors (Lipinski definition) is 3. The Hall–Kier alpha value is -3.05. The van der Waals surface area contributed by atoms with Crippen molar-refractivity contribution in [2.45, 2.75) is 13.0 Å². The van der Waals surface area contributed by atoms with Crippen LogP contribution in [0, 0.1) is 0 Å². The summed E-state index contributed by atoms with van der Waals surface area (Å²) in [6, 6.07) is 17.7. The van der Waals surface area contributed by atoms with E-state index in [2.05, 4.69) is 10.6 Å². The standard InChI is InChI=1S/C20H17ClN2O3/c21-16-7-3-14(4-8-16)12-19(24)22-13-15-5-9-17(10-6-15)23-20(25)18-2-1-11-26-18/h1-11H,12-13H2,(H,22,24)(H,23,25). The van der Waals surface area contributed by atoms with Gasteiger partial charge in [0.05, 0.1) is 12.7 Å². The number of hydrogen-bond donors (Lipinski definition) is 2. The number of rotatable bonds is 6. The topological polar surface area (TPSA) is 71.3 Å². The lowest BCUT2D eigenvalue weighted by Gasteiger charge is -2.07. The fourth-order valence-electron chi connectivity index (χ4n) is 2.36. The molecule has 26 heavy (non-hydrogen) atoms. The summed E-state index contributed by atoms with van der Waals surface area (Å²) in [6.07, 6.45) is 1.75. The van der Waals surface area contributed by atoms with Gasteiger partial charge in [-0.1, -0.05) is 35.9 Å². The van der Waals surface area contributed by atoms with E-state index in [0.29, 0.717) is 23.7 Å². The number of furan rings is 1. The molecule has 2 aromatic carbocycles. The van der Waals surface area contributed by atoms with Crippen molar-refractivity contribution in [1.82, 2.24) is 5.32 Å². The summed E-state index contributed by atoms with van der Waals surface area (Å²) < 4.78 is 5.04. The molecule has 0 saturated carbocycles. The summed E-state index contributed by atoms with van der Waals surface area (Å²) in [5, 5.41) is 6.26. The second-order valence-electron chi connectivity index (χ2n) is 5.71. The van der Waals surface area contributed by atoms with Crippen LogP contribution < -0.4 is 10.6 Å². The quantitative estimate of drug-likeness (QED) is 0.689. The molecule has 0 radical (unpaired) electrons. The van der Waals surface area contributed by atoms with Crippen LogP contribution in [0.5, 0.6) is 0 Å². The maximum absolute atomic E-state index is 12.0. The van der Waals surface area contributed by atoms with Gasteiger partial charge >= 0.3 is 0 Å². The van der Waals surface area contributed by atoms with E-state index in [1.807, 2.05) is 24.3 Å². The fourth-order valence-corrected chi connectivity index (χ4v) is 2.48. The molecule has 1 aromatic heterocycles. The second-order valence-corrected chi connectivity index (χ2v) is 6.14. The average Bonchev–Trinajstić information content (AvgIpc) is 3.18. The van der Waals surface area contributed by atoms with Crippen LogP contribution in [0.25, 0.3) is 0 Å². The highest BCUT2D eigenvalue weighted by Gasteiger charge is 2.08. The third-order valence-electron chi connectivity index (χ3n) is 3.72. The maximum atomic E-state index is 12.0. The third kappa shape index (κ3) is 4.97. The molecule has 0 atom stereocenters. The van der Waals surface area contributed by atoms with E-state index < -0.39 is 0 Å². The van der Waals surface area contributed by atoms with E-state index in [1.165, 1.54) is 6.26 Å². The Bertz CT molecular complexity index is 872. The van der Waals surface area contributed by atoms with Crippen LogP contribution in [0.3, 0.4) is 0 Å². The largest absolute Gasteiger partial charge is 0.459 e. The minimum Gasteiger partial charge on any atom is -0.459 e. The zero-order chi connectivity index (χ0) is 18.4. The van der Waals surface area contributed by atoms with Gasteiger partial charge < -0.3 is 15.1 Å². The molecule has 0 aliphatic carbocycles. The average molecular weight is 369 g/mol. The van der Waals surface area contributed by atoms with Gasteiger partial charge in [-0.15, -0.1) is 0 Å². The molecule has 1 heterocycles. The number of benzene rings is 2. The van der Waals surface area contributed by atoms with E-state index in [1.54, 1.807) is 36.4 Å². The Balaban J connectivity index is 1.48. The Morgan fingerprint density at radius 1 is 0.923 bits per heavy atom. The highest BCUT2D eigenvalue weighted by Crippen LogP contribution is 2.12. The number of carbonyl (C=O) groups is 2. The molecule has 0 aliphatic rings. The zero-order valence-corrected chi connectivity index (χ0v) is 14.6. The Morgan fingerprint density at radius 3 is 2.27 bits per heavy atom. The zero-order valence-electron chi connectivity index (χ0n) is 13.9. The van der Waals surface area contributed by atoms with Gasteiger partial charge in [-0.2, -0.15) is 0 Å². The van der Waals surface area contributed by atoms with Crippen molar-refractivity contribution in [1.29, 1.82) is 0 Å². The lowest BCUT2D eigenvalue weighted by atomic mass is 10.1. The third-order valence-corrected chi connectivity index (χ3v) is 3.98. The van der Waals surface area contributed by atoms with Crippen molar-refractivity contribution in [2.75, 3.05) is 5.32 Å². The molecular weight excluding hydrogens is 352 g/mol. The van der Waals surface area contributed by atoms with Crippen molar-refractivity contribution in [3.63, 3.8) is 0 Å². The van der Waals surface area contributed by atoms with Gasteiger partial charge in [-0.3, -0.25) is 9.59 Å². The van der Waals surface area contributed by atoms with Crippen molar-refractivity contribution in [3.05, 3.63) is 88.8 Å². The van der Waals surface area contributed by atoms with Crippen LogP contribution in [0.15, 0.2) is 71.3 Å². The minimum absolute atomic E-state index is 0.0671. The van der Waals surface area contributed by atoms with Gasteiger partial charge in [0.1, 0.15) is 0 Å². The molecule has 6 heteroatoms. The number of carbonyl (C=O) groups excluding carboxylic acids is 2. The molecule has 3 aromatic rings. The predicted molar refractivity (Wildman–Crippen MR) is 100 cm³/mol. The molecule has 0 spiro atoms. The van der Waals surface area contributed by atoms with Gasteiger partial charge in [0.2, 0.25) is 5.91 Å². The maximum Gasteiger partial charge on any atom is 0.291 e. The molecule has 0 saturated heterocycles. The van der Waals surface area contributed by atoms with E-state index in [4.69, 9.17) is 16.0 Å². The Morgan fingerprint density at radius 2 is 1.62 bits per heavy atom. The fraction of sp³-hybridized carbons (Fsp3) is 0.100. The predicted octanol–water partition coefficient (Wildman–Crippen LogP) is 4.04. The van der Waals surface area contributed by atoms with Crippen LogP contribution in [0.4, 0.5) is 5.69 Å². The normalized spacial score (nSPS) is 10.3. The van der Waals surface area contributed by atoms with E-state index in [-0.39, 0.29) is 17.6 Å². The number of nitrogens with one attached hydrogen (secondary N) is 2. The molecule has 2 amide bonds. The molecule has 0 fully saturated rings. The molecule has 0 bridgehead atoms. The van der Waals surface area contributed by atoms with Crippen molar-refractivity contribution < 1.29 is 14.0 Å². The van der Waals surface area contributed by atoms with Crippen LogP contribution in [0.1, 0.15) is 21.7 Å².